The number of nitrogens with zero attached hydrogens (tertiary/aromatic N) is 1. The smallest absolute Gasteiger partial charge is 0.248 e. The van der Waals surface area contributed by atoms with E-state index in [0.717, 1.165) is 0 Å². The predicted octanol–water partition coefficient (Wildman–Crippen LogP) is -3.53. The van der Waals surface area contributed by atoms with Crippen LogP contribution in [0.4, 0.5) is 0 Å². The zero-order valence-corrected chi connectivity index (χ0v) is 74.9. The first kappa shape index (κ1) is 107. The number of rotatable bonds is 47. The lowest BCUT2D eigenvalue weighted by atomic mass is 9.93. The lowest BCUT2D eigenvalue weighted by Gasteiger charge is -2.36. The maximum atomic E-state index is 14.4. The number of carbonyl (C=O) groups is 21. The quantitative estimate of drug-likeness (QED) is 0.0263. The molecular weight excluding hydrogens is 1560 g/mol. The Morgan fingerprint density at radius 1 is 0.392 bits per heavy atom. The molecule has 678 valence electrons. The number of hydrogen-bond donors (Lipinski definition) is 19. The van der Waals surface area contributed by atoms with Gasteiger partial charge in [0.05, 0.1) is 12.6 Å². The molecule has 0 aliphatic carbocycles. The topological polar surface area (TPSA) is 618 Å². The van der Waals surface area contributed by atoms with Crippen LogP contribution in [0.25, 0.3) is 0 Å². The number of carbonyl (C=O) groups excluding carboxylic acids is 21. The van der Waals surface area contributed by atoms with Crippen LogP contribution in [-0.2, 0) is 101 Å². The third kappa shape index (κ3) is 33.3. The second-order valence-electron chi connectivity index (χ2n) is 36.3. The fourth-order valence-corrected chi connectivity index (χ4v) is 11.7. The average molecular weight is 1700 g/mol. The summed E-state index contributed by atoms with van der Waals surface area (Å²) in [4.78, 5) is 283. The minimum atomic E-state index is -1.90. The van der Waals surface area contributed by atoms with Gasteiger partial charge in [-0.1, -0.05) is 48.5 Å². The van der Waals surface area contributed by atoms with E-state index in [1.807, 2.05) is 0 Å². The molecule has 0 spiro atoms. The Kier molecular flexibility index (Phi) is 39.1. The van der Waals surface area contributed by atoms with E-state index in [2.05, 4.69) is 90.4 Å². The van der Waals surface area contributed by atoms with Gasteiger partial charge in [0, 0.05) is 26.3 Å². The van der Waals surface area contributed by atoms with Crippen molar-refractivity contribution in [3.63, 3.8) is 0 Å². The molecule has 0 bridgehead atoms. The molecule has 0 aromatic rings. The highest BCUT2D eigenvalue weighted by Gasteiger charge is 2.48. The van der Waals surface area contributed by atoms with Gasteiger partial charge in [0.2, 0.25) is 118 Å². The molecule has 9 unspecified atom stereocenters. The number of primary amides is 2. The fourth-order valence-electron chi connectivity index (χ4n) is 11.7. The van der Waals surface area contributed by atoms with Gasteiger partial charge >= 0.3 is 0 Å². The lowest BCUT2D eigenvalue weighted by Crippen LogP contribution is -2.67. The molecule has 21 N–H and O–H groups in total. The molecule has 0 saturated carbocycles. The van der Waals surface area contributed by atoms with Crippen LogP contribution in [0.1, 0.15) is 245 Å². The Morgan fingerprint density at radius 2 is 0.758 bits per heavy atom. The summed E-state index contributed by atoms with van der Waals surface area (Å²) in [5, 5.41) is 43.2. The zero-order chi connectivity index (χ0) is 93.5. The Bertz CT molecular complexity index is 3850. The molecule has 0 aromatic carbocycles. The van der Waals surface area contributed by atoms with Gasteiger partial charge in [0.1, 0.15) is 98.4 Å². The van der Waals surface area contributed by atoms with Crippen LogP contribution in [0.15, 0.2) is 0 Å². The molecule has 9 atom stereocenters. The van der Waals surface area contributed by atoms with Crippen molar-refractivity contribution in [3.05, 3.63) is 0 Å². The summed E-state index contributed by atoms with van der Waals surface area (Å²) < 4.78 is 0. The Labute approximate surface area is 702 Å². The van der Waals surface area contributed by atoms with E-state index in [1.54, 1.807) is 48.5 Å². The molecule has 1 heterocycles. The monoisotopic (exact) mass is 1700 g/mol. The molecular formula is C79H136N20O21. The average Bonchev–Trinajstić information content (AvgIpc) is 1.78. The second-order valence-corrected chi connectivity index (χ2v) is 36.3. The summed E-state index contributed by atoms with van der Waals surface area (Å²) in [5.41, 5.74) is -4.91. The van der Waals surface area contributed by atoms with Crippen LogP contribution in [0.5, 0.6) is 0 Å². The van der Waals surface area contributed by atoms with E-state index >= 15 is 0 Å². The maximum absolute atomic E-state index is 14.4. The number of amides is 20. The van der Waals surface area contributed by atoms with Gasteiger partial charge in [-0.05, 0) is 194 Å². The molecule has 1 saturated heterocycles. The van der Waals surface area contributed by atoms with Crippen LogP contribution in [0, 0.1) is 17.8 Å². The molecule has 1 fully saturated rings. The highest BCUT2D eigenvalue weighted by molar-refractivity contribution is 6.04. The van der Waals surface area contributed by atoms with Crippen molar-refractivity contribution in [3.8, 4) is 0 Å². The van der Waals surface area contributed by atoms with E-state index < -0.39 is 236 Å². The minimum absolute atomic E-state index is 0.0287. The molecule has 1 rings (SSSR count). The van der Waals surface area contributed by atoms with Crippen LogP contribution >= 0.6 is 0 Å². The predicted molar refractivity (Wildman–Crippen MR) is 440 cm³/mol. The molecule has 0 radical (unpaired) electrons. The number of aldehydes is 1. The zero-order valence-electron chi connectivity index (χ0n) is 74.9. The lowest BCUT2D eigenvalue weighted by molar-refractivity contribution is -0.145. The first-order valence-electron chi connectivity index (χ1n) is 40.1. The van der Waals surface area contributed by atoms with E-state index in [4.69, 9.17) is 11.5 Å². The third-order valence-corrected chi connectivity index (χ3v) is 19.8. The molecule has 20 amide bonds. The number of nitrogens with one attached hydrogen (secondary N) is 17. The van der Waals surface area contributed by atoms with Crippen LogP contribution < -0.4 is 102 Å². The summed E-state index contributed by atoms with van der Waals surface area (Å²) in [5.74, 6) is -17.3. The van der Waals surface area contributed by atoms with E-state index in [1.165, 1.54) is 143 Å². The van der Waals surface area contributed by atoms with Crippen molar-refractivity contribution >= 4 is 124 Å². The van der Waals surface area contributed by atoms with E-state index in [9.17, 15) is 101 Å². The maximum Gasteiger partial charge on any atom is 0.248 e. The summed E-state index contributed by atoms with van der Waals surface area (Å²) in [6.07, 6.45) is -0.329. The van der Waals surface area contributed by atoms with Crippen molar-refractivity contribution in [2.45, 2.75) is 343 Å². The molecule has 120 heavy (non-hydrogen) atoms. The highest BCUT2D eigenvalue weighted by atomic mass is 16.2. The van der Waals surface area contributed by atoms with Crippen molar-refractivity contribution in [1.29, 1.82) is 0 Å². The van der Waals surface area contributed by atoms with Crippen LogP contribution in [0.3, 0.4) is 0 Å². The molecule has 1 aliphatic heterocycles. The summed E-state index contributed by atoms with van der Waals surface area (Å²) in [6, 6.07) is -10.3. The van der Waals surface area contributed by atoms with Crippen molar-refractivity contribution in [2.24, 2.45) is 29.2 Å². The van der Waals surface area contributed by atoms with Crippen LogP contribution in [0.2, 0.25) is 0 Å². The Balaban J connectivity index is 3.16. The van der Waals surface area contributed by atoms with Gasteiger partial charge in [0.15, 0.2) is 0 Å². The number of likely N-dealkylation sites (tertiary alicyclic amines) is 1. The van der Waals surface area contributed by atoms with Gasteiger partial charge in [-0.3, -0.25) is 95.9 Å². The van der Waals surface area contributed by atoms with Gasteiger partial charge < -0.3 is 112 Å². The standard InChI is InChI=1S/C79H136N20O21/c1-28-79(27,69(119)88-46(31-33-52(80)102)57(107)86-50(39-100)42(6)7)98-68(118)76(21,22)95-59(109)48(36-40(2)3)85-61(111)51-30-29-35-99(51)70(120)78(25,26)92-56(106)44(9)83-55(105)43(8)84-63(113)74(17,18)96-67(117)77(23,24)97-66(116)75(19,20)93-58(108)47(32-34-53(81)103)87-65(115)73(15,16)94-60(110)49(37-41(4)5)89-64(114)72(13,14)91-54(104)38-82-62(112)71(11,12)90-45(10)101/h39-44,46-51H,28-38H2,1-27H3,(H2,80,102)(H2,81,103)(H,82,112)(H,83,105)(H,84,113)(H,85,111)(H,86,107)(H,87,115)(H,88,119)(H,89,114)(H,90,101)(H,91,104)(H,92,106)(H,93,108)(H,94,110)(H,95,109)(H,96,117)(H,97,116)(H,98,118). The van der Waals surface area contributed by atoms with E-state index in [0.29, 0.717) is 12.7 Å². The second kappa shape index (κ2) is 43.9. The Hall–Kier alpha value is -10.9. The van der Waals surface area contributed by atoms with Gasteiger partial charge in [-0.15, -0.1) is 0 Å². The largest absolute Gasteiger partial charge is 0.370 e. The Morgan fingerprint density at radius 3 is 1.19 bits per heavy atom. The summed E-state index contributed by atoms with van der Waals surface area (Å²) in [6.45, 7) is 37.9. The van der Waals surface area contributed by atoms with Crippen molar-refractivity contribution in [2.75, 3.05) is 13.1 Å². The first-order chi connectivity index (χ1) is 54.5. The minimum Gasteiger partial charge on any atom is -0.370 e. The van der Waals surface area contributed by atoms with E-state index in [-0.39, 0.29) is 62.8 Å². The van der Waals surface area contributed by atoms with Gasteiger partial charge in [-0.2, -0.15) is 0 Å². The molecule has 41 nitrogen and oxygen atoms in total. The number of hydrogen-bond acceptors (Lipinski definition) is 21. The molecule has 0 aromatic heterocycles. The molecule has 1 aliphatic rings. The van der Waals surface area contributed by atoms with Crippen LogP contribution in [-0.4, -0.2) is 241 Å². The summed E-state index contributed by atoms with van der Waals surface area (Å²) >= 11 is 0. The van der Waals surface area contributed by atoms with Gasteiger partial charge in [0.25, 0.3) is 0 Å². The first-order valence-corrected chi connectivity index (χ1v) is 40.1. The van der Waals surface area contributed by atoms with Gasteiger partial charge in [-0.25, -0.2) is 0 Å². The van der Waals surface area contributed by atoms with Crippen molar-refractivity contribution < 1.29 is 101 Å². The third-order valence-electron chi connectivity index (χ3n) is 19.8. The molecule has 41 heteroatoms. The normalized spacial score (nSPS) is 15.7. The SMILES string of the molecule is CCC(C)(NC(=O)C(C)(C)NC(=O)C(CC(C)C)NC(=O)C1CCCN1C(=O)C(C)(C)NC(=O)C(C)NC(=O)C(C)NC(=O)C(C)(C)NC(=O)C(C)(C)NC(=O)C(C)(C)NC(=O)C(CCC(N)=O)NC(=O)C(C)(C)NC(=O)C(CC(C)C)NC(=O)C(C)(C)NC(=O)CNC(=O)C(C)(C)NC(C)=O)C(=O)NC(CCC(N)=O)C(=O)NC(C=O)C(C)C. The summed E-state index contributed by atoms with van der Waals surface area (Å²) in [7, 11) is 0. The number of nitrogens with two attached hydrogens (primary N) is 2. The fraction of sp³-hybridized carbons (Fsp3) is 0.734. The highest BCUT2D eigenvalue weighted by Crippen LogP contribution is 2.25. The van der Waals surface area contributed by atoms with Crippen molar-refractivity contribution in [1.82, 2.24) is 95.3 Å².